The molecular weight excluding hydrogens is 240 g/mol. The van der Waals surface area contributed by atoms with Crippen LogP contribution in [0, 0.1) is 20.8 Å². The molecule has 0 spiro atoms. The minimum atomic E-state index is 0.310. The van der Waals surface area contributed by atoms with Crippen LogP contribution in [0.2, 0.25) is 0 Å². The van der Waals surface area contributed by atoms with E-state index in [9.17, 15) is 0 Å². The van der Waals surface area contributed by atoms with Gasteiger partial charge in [0.1, 0.15) is 5.01 Å². The molecule has 2 rings (SSSR count). The van der Waals surface area contributed by atoms with Crippen molar-refractivity contribution in [3.05, 3.63) is 51.0 Å². The fraction of sp³-hybridized carbons (Fsp3) is 0.400. The maximum atomic E-state index is 4.42. The summed E-state index contributed by atoms with van der Waals surface area (Å²) in [5.41, 5.74) is 4.03. The molecule has 0 saturated carbocycles. The van der Waals surface area contributed by atoms with E-state index in [1.54, 1.807) is 11.3 Å². The van der Waals surface area contributed by atoms with Crippen molar-refractivity contribution in [3.63, 3.8) is 0 Å². The van der Waals surface area contributed by atoms with Crippen molar-refractivity contribution in [2.24, 2.45) is 0 Å². The molecule has 0 bridgehead atoms. The van der Waals surface area contributed by atoms with Crippen molar-refractivity contribution >= 4 is 11.3 Å². The molecule has 0 fully saturated rings. The highest BCUT2D eigenvalue weighted by atomic mass is 32.1. The van der Waals surface area contributed by atoms with Crippen LogP contribution in [0.15, 0.2) is 24.4 Å². The summed E-state index contributed by atoms with van der Waals surface area (Å²) in [6.45, 7) is 9.46. The van der Waals surface area contributed by atoms with Gasteiger partial charge < -0.3 is 5.32 Å². The van der Waals surface area contributed by atoms with Gasteiger partial charge >= 0.3 is 0 Å². The first kappa shape index (κ1) is 13.2. The summed E-state index contributed by atoms with van der Waals surface area (Å²) in [6.07, 6.45) is 1.94. The quantitative estimate of drug-likeness (QED) is 0.901. The second kappa shape index (κ2) is 5.63. The molecule has 0 saturated heterocycles. The lowest BCUT2D eigenvalue weighted by Crippen LogP contribution is -2.18. The smallest absolute Gasteiger partial charge is 0.109 e. The third kappa shape index (κ3) is 3.18. The number of hydrogen-bond donors (Lipinski definition) is 1. The fourth-order valence-electron chi connectivity index (χ4n) is 1.97. The van der Waals surface area contributed by atoms with Gasteiger partial charge in [0, 0.05) is 17.6 Å². The van der Waals surface area contributed by atoms with Crippen molar-refractivity contribution in [2.45, 2.75) is 40.3 Å². The minimum Gasteiger partial charge on any atom is -0.304 e. The number of hydrogen-bond acceptors (Lipinski definition) is 3. The predicted molar refractivity (Wildman–Crippen MR) is 78.0 cm³/mol. The Morgan fingerprint density at radius 3 is 2.67 bits per heavy atom. The van der Waals surface area contributed by atoms with Gasteiger partial charge in [-0.05, 0) is 38.8 Å². The molecule has 3 heteroatoms. The van der Waals surface area contributed by atoms with E-state index in [2.05, 4.69) is 56.2 Å². The summed E-state index contributed by atoms with van der Waals surface area (Å²) in [7, 11) is 0. The molecule has 1 N–H and O–H groups in total. The second-order valence-corrected chi connectivity index (χ2v) is 6.11. The first-order valence-corrected chi connectivity index (χ1v) is 7.10. The number of thiazole rings is 1. The lowest BCUT2D eigenvalue weighted by molar-refractivity contribution is 0.570. The maximum Gasteiger partial charge on any atom is 0.109 e. The highest BCUT2D eigenvalue weighted by Crippen LogP contribution is 2.20. The summed E-state index contributed by atoms with van der Waals surface area (Å²) in [5, 5.41) is 4.70. The second-order valence-electron chi connectivity index (χ2n) is 4.84. The molecule has 1 heterocycles. The Bertz CT molecular complexity index is 531. The number of nitrogens with one attached hydrogen (secondary N) is 1. The molecule has 1 unspecified atom stereocenters. The van der Waals surface area contributed by atoms with Crippen LogP contribution < -0.4 is 5.32 Å². The molecule has 1 aromatic carbocycles. The number of aromatic nitrogens is 1. The summed E-state index contributed by atoms with van der Waals surface area (Å²) in [4.78, 5) is 5.69. The van der Waals surface area contributed by atoms with Crippen LogP contribution in [0.4, 0.5) is 0 Å². The largest absolute Gasteiger partial charge is 0.304 e. The van der Waals surface area contributed by atoms with E-state index in [1.165, 1.54) is 21.6 Å². The minimum absolute atomic E-state index is 0.310. The van der Waals surface area contributed by atoms with Gasteiger partial charge in [-0.15, -0.1) is 11.3 Å². The summed E-state index contributed by atoms with van der Waals surface area (Å²) >= 11 is 1.76. The summed E-state index contributed by atoms with van der Waals surface area (Å²) in [6, 6.07) is 6.92. The third-order valence-corrected chi connectivity index (χ3v) is 4.20. The Morgan fingerprint density at radius 1 is 1.28 bits per heavy atom. The van der Waals surface area contributed by atoms with Crippen molar-refractivity contribution in [3.8, 4) is 0 Å². The van der Waals surface area contributed by atoms with Crippen molar-refractivity contribution < 1.29 is 0 Å². The Hall–Kier alpha value is -1.19. The van der Waals surface area contributed by atoms with E-state index < -0.39 is 0 Å². The zero-order valence-electron chi connectivity index (χ0n) is 11.4. The van der Waals surface area contributed by atoms with Crippen molar-refractivity contribution in [1.29, 1.82) is 0 Å². The van der Waals surface area contributed by atoms with Crippen LogP contribution in [-0.2, 0) is 6.54 Å². The van der Waals surface area contributed by atoms with Gasteiger partial charge in [0.2, 0.25) is 0 Å². The van der Waals surface area contributed by atoms with E-state index in [4.69, 9.17) is 0 Å². The van der Waals surface area contributed by atoms with Gasteiger partial charge in [0.25, 0.3) is 0 Å². The van der Waals surface area contributed by atoms with E-state index in [1.807, 2.05) is 6.20 Å². The lowest BCUT2D eigenvalue weighted by Gasteiger charge is -2.13. The van der Waals surface area contributed by atoms with Crippen LogP contribution in [-0.4, -0.2) is 4.98 Å². The van der Waals surface area contributed by atoms with Crippen molar-refractivity contribution in [1.82, 2.24) is 10.3 Å². The molecule has 0 aliphatic carbocycles. The molecule has 0 radical (unpaired) electrons. The van der Waals surface area contributed by atoms with Gasteiger partial charge in [0.15, 0.2) is 0 Å². The first-order chi connectivity index (χ1) is 8.56. The highest BCUT2D eigenvalue weighted by molar-refractivity contribution is 7.11. The predicted octanol–water partition coefficient (Wildman–Crippen LogP) is 3.92. The van der Waals surface area contributed by atoms with Gasteiger partial charge in [-0.1, -0.05) is 23.8 Å². The molecule has 1 aromatic heterocycles. The van der Waals surface area contributed by atoms with Crippen LogP contribution in [0.5, 0.6) is 0 Å². The number of aryl methyl sites for hydroxylation is 3. The summed E-state index contributed by atoms with van der Waals surface area (Å²) < 4.78 is 0. The molecule has 18 heavy (non-hydrogen) atoms. The van der Waals surface area contributed by atoms with Gasteiger partial charge in [-0.3, -0.25) is 0 Å². The molecule has 2 nitrogen and oxygen atoms in total. The van der Waals surface area contributed by atoms with E-state index >= 15 is 0 Å². The Balaban J connectivity index is 1.99. The molecule has 0 aliphatic rings. The maximum absolute atomic E-state index is 4.42. The zero-order chi connectivity index (χ0) is 13.1. The standard InChI is InChI=1S/C15H20N2S/c1-10-5-6-14(11(2)7-10)9-16-13(4)15-17-8-12(3)18-15/h5-8,13,16H,9H2,1-4H3. The van der Waals surface area contributed by atoms with Crippen LogP contribution in [0.1, 0.15) is 39.5 Å². The van der Waals surface area contributed by atoms with Gasteiger partial charge in [-0.2, -0.15) is 0 Å². The van der Waals surface area contributed by atoms with Crippen LogP contribution in [0.25, 0.3) is 0 Å². The summed E-state index contributed by atoms with van der Waals surface area (Å²) in [5.74, 6) is 0. The first-order valence-electron chi connectivity index (χ1n) is 6.28. The normalized spacial score (nSPS) is 12.7. The molecular formula is C15H20N2S. The average Bonchev–Trinajstić information content (AvgIpc) is 2.74. The van der Waals surface area contributed by atoms with Gasteiger partial charge in [-0.25, -0.2) is 4.98 Å². The topological polar surface area (TPSA) is 24.9 Å². The molecule has 2 aromatic rings. The Kier molecular flexibility index (Phi) is 4.15. The number of rotatable bonds is 4. The van der Waals surface area contributed by atoms with E-state index in [0.717, 1.165) is 11.6 Å². The lowest BCUT2D eigenvalue weighted by atomic mass is 10.1. The molecule has 0 amide bonds. The molecule has 0 aliphatic heterocycles. The van der Waals surface area contributed by atoms with Crippen molar-refractivity contribution in [2.75, 3.05) is 0 Å². The third-order valence-electron chi connectivity index (χ3n) is 3.11. The monoisotopic (exact) mass is 260 g/mol. The van der Waals surface area contributed by atoms with E-state index in [-0.39, 0.29) is 0 Å². The van der Waals surface area contributed by atoms with Gasteiger partial charge in [0.05, 0.1) is 6.04 Å². The van der Waals surface area contributed by atoms with E-state index in [0.29, 0.717) is 6.04 Å². The zero-order valence-corrected chi connectivity index (χ0v) is 12.3. The average molecular weight is 260 g/mol. The highest BCUT2D eigenvalue weighted by Gasteiger charge is 2.09. The molecule has 96 valence electrons. The number of benzene rings is 1. The fourth-order valence-corrected chi connectivity index (χ4v) is 2.77. The Morgan fingerprint density at radius 2 is 2.06 bits per heavy atom. The van der Waals surface area contributed by atoms with Crippen LogP contribution >= 0.6 is 11.3 Å². The SMILES string of the molecule is Cc1ccc(CNC(C)c2ncc(C)s2)c(C)c1. The molecule has 1 atom stereocenters. The van der Waals surface area contributed by atoms with Crippen LogP contribution in [0.3, 0.4) is 0 Å². The Labute approximate surface area is 113 Å². The number of nitrogens with zero attached hydrogens (tertiary/aromatic N) is 1.